The van der Waals surface area contributed by atoms with Gasteiger partial charge in [0.25, 0.3) is 17.2 Å². The largest absolute Gasteiger partial charge is 0.347 e. The van der Waals surface area contributed by atoms with E-state index in [-0.39, 0.29) is 17.0 Å². The quantitative estimate of drug-likeness (QED) is 0.585. The summed E-state index contributed by atoms with van der Waals surface area (Å²) in [4.78, 5) is 32.3. The molecule has 4 rings (SSSR count). The number of fused-ring (bicyclic) bond motifs is 1. The molecule has 0 fully saturated rings. The lowest BCUT2D eigenvalue weighted by Gasteiger charge is -2.08. The summed E-state index contributed by atoms with van der Waals surface area (Å²) in [6.45, 7) is 2.39. The highest BCUT2D eigenvalue weighted by Gasteiger charge is 2.11. The van der Waals surface area contributed by atoms with Gasteiger partial charge < -0.3 is 5.32 Å². The molecular weight excluding hydrogens is 342 g/mol. The number of nitrogens with zero attached hydrogens (tertiary/aromatic N) is 3. The minimum Gasteiger partial charge on any atom is -0.347 e. The Morgan fingerprint density at radius 1 is 1.11 bits per heavy atom. The molecule has 7 heteroatoms. The van der Waals surface area contributed by atoms with Crippen molar-refractivity contribution in [2.75, 3.05) is 0 Å². The number of nitrogens with one attached hydrogen (secondary N) is 2. The van der Waals surface area contributed by atoms with Gasteiger partial charge >= 0.3 is 0 Å². The maximum atomic E-state index is 12.4. The molecule has 0 saturated carbocycles. The number of carbonyl (C=O) groups is 1. The zero-order valence-corrected chi connectivity index (χ0v) is 14.6. The van der Waals surface area contributed by atoms with E-state index >= 15 is 0 Å². The number of aromatic amines is 1. The van der Waals surface area contributed by atoms with Gasteiger partial charge in [0.15, 0.2) is 0 Å². The van der Waals surface area contributed by atoms with Crippen molar-refractivity contribution in [1.29, 1.82) is 0 Å². The third-order valence-electron chi connectivity index (χ3n) is 4.23. The smallest absolute Gasteiger partial charge is 0.274 e. The standard InChI is InChI=1S/C20H17N5O2/c1-13-4-2-6-15(8-13)16-7-3-5-14(9-16)11-21-19(27)17-10-18(26)25-20(24-17)22-12-23-25/h2-10,12H,11H2,1H3,(H,21,27)(H,22,23,24). The van der Waals surface area contributed by atoms with Gasteiger partial charge in [-0.3, -0.25) is 14.7 Å². The van der Waals surface area contributed by atoms with Crippen molar-refractivity contribution in [3.8, 4) is 11.1 Å². The molecule has 0 spiro atoms. The van der Waals surface area contributed by atoms with Crippen molar-refractivity contribution >= 4 is 11.7 Å². The van der Waals surface area contributed by atoms with Crippen molar-refractivity contribution in [2.24, 2.45) is 0 Å². The number of aromatic nitrogens is 4. The minimum atomic E-state index is -0.418. The average Bonchev–Trinajstić information content (AvgIpc) is 3.16. The fourth-order valence-corrected chi connectivity index (χ4v) is 2.90. The number of amides is 1. The molecule has 2 aromatic heterocycles. The van der Waals surface area contributed by atoms with E-state index in [1.807, 2.05) is 30.3 Å². The first-order chi connectivity index (χ1) is 13.1. The van der Waals surface area contributed by atoms with Crippen molar-refractivity contribution in [3.63, 3.8) is 0 Å². The topological polar surface area (TPSA) is 92.2 Å². The average molecular weight is 359 g/mol. The van der Waals surface area contributed by atoms with Crippen molar-refractivity contribution in [1.82, 2.24) is 24.9 Å². The molecule has 0 aliphatic carbocycles. The highest BCUT2D eigenvalue weighted by molar-refractivity contribution is 5.92. The molecule has 0 unspecified atom stereocenters. The molecule has 0 radical (unpaired) electrons. The van der Waals surface area contributed by atoms with Gasteiger partial charge in [0.05, 0.1) is 0 Å². The van der Waals surface area contributed by atoms with Gasteiger partial charge in [-0.25, -0.2) is 9.97 Å². The molecule has 2 heterocycles. The fraction of sp³-hybridized carbons (Fsp3) is 0.100. The second-order valence-corrected chi connectivity index (χ2v) is 6.25. The molecule has 0 aliphatic heterocycles. The summed E-state index contributed by atoms with van der Waals surface area (Å²) < 4.78 is 1.17. The molecule has 0 bridgehead atoms. The molecule has 2 N–H and O–H groups in total. The first-order valence-electron chi connectivity index (χ1n) is 8.47. The van der Waals surface area contributed by atoms with Crippen LogP contribution in [0.15, 0.2) is 65.7 Å². The summed E-state index contributed by atoms with van der Waals surface area (Å²) in [5.41, 5.74) is 4.02. The number of rotatable bonds is 4. The predicted molar refractivity (Wildman–Crippen MR) is 101 cm³/mol. The molecule has 2 aromatic carbocycles. The summed E-state index contributed by atoms with van der Waals surface area (Å²) in [5.74, 6) is -0.257. The molecule has 0 saturated heterocycles. The van der Waals surface area contributed by atoms with Gasteiger partial charge in [0.2, 0.25) is 0 Å². The van der Waals surface area contributed by atoms with Crippen LogP contribution in [-0.4, -0.2) is 25.5 Å². The summed E-state index contributed by atoms with van der Waals surface area (Å²) in [7, 11) is 0. The van der Waals surface area contributed by atoms with Crippen LogP contribution in [-0.2, 0) is 6.54 Å². The second-order valence-electron chi connectivity index (χ2n) is 6.25. The zero-order chi connectivity index (χ0) is 18.8. The predicted octanol–water partition coefficient (Wildman–Crippen LogP) is 2.32. The van der Waals surface area contributed by atoms with E-state index in [0.29, 0.717) is 6.54 Å². The summed E-state index contributed by atoms with van der Waals surface area (Å²) in [5, 5.41) is 5.44. The third-order valence-corrected chi connectivity index (χ3v) is 4.23. The van der Waals surface area contributed by atoms with Gasteiger partial charge in [-0.2, -0.15) is 4.52 Å². The lowest BCUT2D eigenvalue weighted by molar-refractivity contribution is 0.0946. The molecule has 27 heavy (non-hydrogen) atoms. The van der Waals surface area contributed by atoms with E-state index in [2.05, 4.69) is 45.5 Å². The Kier molecular flexibility index (Phi) is 4.25. The summed E-state index contributed by atoms with van der Waals surface area (Å²) >= 11 is 0. The van der Waals surface area contributed by atoms with E-state index in [4.69, 9.17) is 0 Å². The van der Waals surface area contributed by atoms with Gasteiger partial charge in [0.1, 0.15) is 12.0 Å². The summed E-state index contributed by atoms with van der Waals surface area (Å²) in [6.07, 6.45) is 1.35. The minimum absolute atomic E-state index is 0.0435. The van der Waals surface area contributed by atoms with Crippen LogP contribution in [0.5, 0.6) is 0 Å². The van der Waals surface area contributed by atoms with E-state index in [0.717, 1.165) is 16.7 Å². The molecule has 1 amide bonds. The SMILES string of the molecule is Cc1cccc(-c2cccc(CNC(=O)c3cc(=O)n4[nH]cnc4n3)c2)c1. The highest BCUT2D eigenvalue weighted by Crippen LogP contribution is 2.21. The van der Waals surface area contributed by atoms with Crippen LogP contribution < -0.4 is 10.9 Å². The Balaban J connectivity index is 1.52. The van der Waals surface area contributed by atoms with Crippen LogP contribution in [0, 0.1) is 6.92 Å². The van der Waals surface area contributed by atoms with Gasteiger partial charge in [-0.05, 0) is 29.7 Å². The van der Waals surface area contributed by atoms with E-state index in [1.165, 1.54) is 22.5 Å². The van der Waals surface area contributed by atoms with Crippen LogP contribution in [0.25, 0.3) is 16.9 Å². The molecule has 0 atom stereocenters. The van der Waals surface area contributed by atoms with Gasteiger partial charge in [-0.1, -0.05) is 48.0 Å². The lowest BCUT2D eigenvalue weighted by atomic mass is 10.0. The molecule has 134 valence electrons. The van der Waals surface area contributed by atoms with Crippen LogP contribution in [0.1, 0.15) is 21.6 Å². The Morgan fingerprint density at radius 2 is 1.89 bits per heavy atom. The third kappa shape index (κ3) is 3.48. The maximum Gasteiger partial charge on any atom is 0.274 e. The van der Waals surface area contributed by atoms with Crippen molar-refractivity contribution in [3.05, 3.63) is 88.1 Å². The van der Waals surface area contributed by atoms with Gasteiger partial charge in [-0.15, -0.1) is 0 Å². The van der Waals surface area contributed by atoms with E-state index < -0.39 is 5.91 Å². The zero-order valence-electron chi connectivity index (χ0n) is 14.6. The molecule has 0 aliphatic rings. The first-order valence-corrected chi connectivity index (χ1v) is 8.47. The number of hydrogen-bond donors (Lipinski definition) is 2. The van der Waals surface area contributed by atoms with Crippen molar-refractivity contribution < 1.29 is 4.79 Å². The van der Waals surface area contributed by atoms with Gasteiger partial charge in [0, 0.05) is 12.6 Å². The molecular formula is C20H17N5O2. The number of H-pyrrole nitrogens is 1. The first kappa shape index (κ1) is 16.7. The van der Waals surface area contributed by atoms with Crippen LogP contribution >= 0.6 is 0 Å². The Bertz CT molecular complexity index is 1190. The Morgan fingerprint density at radius 3 is 2.70 bits per heavy atom. The van der Waals surface area contributed by atoms with E-state index in [1.54, 1.807) is 0 Å². The summed E-state index contributed by atoms with van der Waals surface area (Å²) in [6, 6.07) is 17.4. The molecule has 7 nitrogen and oxygen atoms in total. The van der Waals surface area contributed by atoms with E-state index in [9.17, 15) is 9.59 Å². The number of carbonyl (C=O) groups excluding carboxylic acids is 1. The lowest BCUT2D eigenvalue weighted by Crippen LogP contribution is -2.27. The van der Waals surface area contributed by atoms with Crippen molar-refractivity contribution in [2.45, 2.75) is 13.5 Å². The normalized spacial score (nSPS) is 10.9. The number of hydrogen-bond acceptors (Lipinski definition) is 4. The Labute approximate surface area is 154 Å². The fourth-order valence-electron chi connectivity index (χ4n) is 2.90. The highest BCUT2D eigenvalue weighted by atomic mass is 16.2. The number of aryl methyl sites for hydroxylation is 1. The molecule has 4 aromatic rings. The monoisotopic (exact) mass is 359 g/mol. The van der Waals surface area contributed by atoms with Crippen LogP contribution in [0.3, 0.4) is 0 Å². The maximum absolute atomic E-state index is 12.4. The Hall–Kier alpha value is -3.74. The van der Waals surface area contributed by atoms with Crippen LogP contribution in [0.4, 0.5) is 0 Å². The second kappa shape index (κ2) is 6.87. The number of benzene rings is 2. The van der Waals surface area contributed by atoms with Crippen LogP contribution in [0.2, 0.25) is 0 Å².